The van der Waals surface area contributed by atoms with Crippen molar-refractivity contribution in [3.05, 3.63) is 0 Å². The number of aliphatic carboxylic acids is 1. The van der Waals surface area contributed by atoms with Gasteiger partial charge in [0.2, 0.25) is 0 Å². The van der Waals surface area contributed by atoms with E-state index in [1.165, 1.54) is 0 Å². The summed E-state index contributed by atoms with van der Waals surface area (Å²) in [5.74, 6) is -1.16. The zero-order valence-corrected chi connectivity index (χ0v) is 11.2. The minimum Gasteiger partial charge on any atom is 1.00 e. The normalized spacial score (nSPS) is 3.80. The molecule has 0 rings (SSSR count). The van der Waals surface area contributed by atoms with Crippen molar-refractivity contribution in [2.45, 2.75) is 5.39 Å². The van der Waals surface area contributed by atoms with Gasteiger partial charge < -0.3 is 21.9 Å². The van der Waals surface area contributed by atoms with Crippen LogP contribution in [0.4, 0.5) is 0 Å². The molecule has 0 atom stereocenters. The predicted molar refractivity (Wildman–Crippen MR) is 24.3 cm³/mol. The predicted octanol–water partition coefficient (Wildman–Crippen LogP) is -7.59. The van der Waals surface area contributed by atoms with Crippen molar-refractivity contribution in [2.24, 2.45) is 0 Å². The van der Waals surface area contributed by atoms with E-state index in [1.54, 1.807) is 0 Å². The molecule has 0 bridgehead atoms. The maximum absolute atomic E-state index is 9.16. The van der Waals surface area contributed by atoms with Crippen LogP contribution in [0, 0.1) is 0 Å². The zero-order chi connectivity index (χ0) is 4.28. The van der Waals surface area contributed by atoms with Gasteiger partial charge in [-0.3, -0.25) is 0 Å². The minimum atomic E-state index is -1.16. The molecule has 0 saturated heterocycles. The number of hydrogen-bond donors (Lipinski definition) is 0. The number of carboxylic acid groups (broad SMARTS) is 1. The van der Waals surface area contributed by atoms with Crippen LogP contribution in [0.15, 0.2) is 0 Å². The Balaban J connectivity index is -0.00000000800. The number of carboxylic acids is 1. The standard InChI is InChI=1S/C2H3O2.Ni.4H2O.Rb/c1-2(3)4;;;;;;/h1H2,(H,3,4);;4*1H2;/q;;;;;;+1/p-1. The average molecular weight is 274 g/mol. The molecule has 0 aromatic heterocycles. The topological polar surface area (TPSA) is 166 Å². The molecule has 8 N–H and O–H groups in total. The Kier molecular flexibility index (Phi) is 129. The van der Waals surface area contributed by atoms with Gasteiger partial charge in [-0.2, -0.15) is 0 Å². The van der Waals surface area contributed by atoms with Crippen LogP contribution in [-0.2, 0) is 20.3 Å². The molecule has 0 aliphatic heterocycles. The third-order valence-electron chi connectivity index (χ3n) is 0.0913. The number of carbonyl (C=O) groups is 1. The van der Waals surface area contributed by atoms with Crippen LogP contribution in [0.5, 0.6) is 0 Å². The van der Waals surface area contributed by atoms with Crippen LogP contribution in [0.2, 0.25) is 5.39 Å². The summed E-state index contributed by atoms with van der Waals surface area (Å²) in [7, 11) is 0. The van der Waals surface area contributed by atoms with Gasteiger partial charge in [0.1, 0.15) is 0 Å². The van der Waals surface area contributed by atoms with E-state index in [1.807, 2.05) is 0 Å². The van der Waals surface area contributed by atoms with E-state index in [0.29, 0.717) is 0 Å². The fourth-order valence-electron chi connectivity index (χ4n) is 0. The van der Waals surface area contributed by atoms with Crippen LogP contribution in [0.1, 0.15) is 0 Å². The van der Waals surface area contributed by atoms with Crippen molar-refractivity contribution in [1.82, 2.24) is 0 Å². The first-order valence-electron chi connectivity index (χ1n) is 0.985. The molecule has 0 aliphatic carbocycles. The fraction of sp³-hybridized carbons (Fsp3) is 0.500. The van der Waals surface area contributed by atoms with Gasteiger partial charge in [0.25, 0.3) is 0 Å². The first-order valence-corrected chi connectivity index (χ1v) is 1.68. The second-order valence-electron chi connectivity index (χ2n) is 0.484. The molecule has 0 radical (unpaired) electrons. The fourth-order valence-corrected chi connectivity index (χ4v) is 0. The van der Waals surface area contributed by atoms with Crippen molar-refractivity contribution in [1.29, 1.82) is 0 Å². The average Bonchev–Trinajstić information content (AvgIpc) is 1.38. The quantitative estimate of drug-likeness (QED) is 0.433. The van der Waals surface area contributed by atoms with Crippen LogP contribution < -0.4 is 63.3 Å². The van der Waals surface area contributed by atoms with Gasteiger partial charge in [0.15, 0.2) is 0 Å². The third kappa shape index (κ3) is 54.7. The Morgan fingerprint density at radius 3 is 1.30 bits per heavy atom. The molecule has 6 nitrogen and oxygen atoms in total. The van der Waals surface area contributed by atoms with E-state index in [0.717, 1.165) is 0 Å². The number of carbonyl (C=O) groups excluding carboxylic acids is 1. The summed E-state index contributed by atoms with van der Waals surface area (Å²) in [6.45, 7) is 0. The summed E-state index contributed by atoms with van der Waals surface area (Å²) >= 11 is 3.77. The van der Waals surface area contributed by atoms with Crippen LogP contribution in [0.25, 0.3) is 0 Å². The van der Waals surface area contributed by atoms with E-state index in [-0.39, 0.29) is 85.5 Å². The Hall–Kier alpha value is 1.61. The Labute approximate surface area is 115 Å². The molecular formula is C2H10NiO6Rb. The van der Waals surface area contributed by atoms with E-state index < -0.39 is 5.97 Å². The Morgan fingerprint density at radius 2 is 1.30 bits per heavy atom. The number of hydrogen-bond acceptors (Lipinski definition) is 2. The van der Waals surface area contributed by atoms with Gasteiger partial charge in [-0.1, -0.05) is 0 Å². The molecule has 0 fully saturated rings. The number of rotatable bonds is 1. The van der Waals surface area contributed by atoms with Gasteiger partial charge in [0.05, 0.1) is 0 Å². The Morgan fingerprint density at radius 1 is 1.20 bits per heavy atom. The summed E-state index contributed by atoms with van der Waals surface area (Å²) in [6.07, 6.45) is 0. The van der Waals surface area contributed by atoms with Crippen molar-refractivity contribution < 1.29 is 105 Å². The first kappa shape index (κ1) is 41.5. The smallest absolute Gasteiger partial charge is 1.00 e. The SMILES string of the molecule is O.O.O.O.O=C([O-])[CH2][Ni].[Rb+]. The van der Waals surface area contributed by atoms with Crippen molar-refractivity contribution in [2.75, 3.05) is 0 Å². The summed E-state index contributed by atoms with van der Waals surface area (Å²) in [4.78, 5) is 9.16. The van der Waals surface area contributed by atoms with Crippen molar-refractivity contribution in [3.63, 3.8) is 0 Å². The van der Waals surface area contributed by atoms with E-state index in [4.69, 9.17) is 9.90 Å². The first-order chi connectivity index (χ1) is 2.27. The molecule has 8 heteroatoms. The molecular weight excluding hydrogens is 264 g/mol. The summed E-state index contributed by atoms with van der Waals surface area (Å²) < 4.78 is 0. The van der Waals surface area contributed by atoms with E-state index >= 15 is 0 Å². The van der Waals surface area contributed by atoms with Crippen molar-refractivity contribution in [3.8, 4) is 0 Å². The third-order valence-corrected chi connectivity index (χ3v) is 0.376. The summed E-state index contributed by atoms with van der Waals surface area (Å²) in [5, 5.41) is 8.90. The molecule has 0 aromatic carbocycles. The maximum Gasteiger partial charge on any atom is 1.00 e. The Bertz CT molecular complexity index is 51.0. The van der Waals surface area contributed by atoms with E-state index in [9.17, 15) is 0 Å². The van der Waals surface area contributed by atoms with Crippen LogP contribution in [0.3, 0.4) is 0 Å². The molecule has 10 heavy (non-hydrogen) atoms. The molecule has 0 aliphatic rings. The molecule has 0 saturated carbocycles. The molecule has 0 amide bonds. The molecule has 0 heterocycles. The van der Waals surface area contributed by atoms with Gasteiger partial charge in [-0.25, -0.2) is 0 Å². The second-order valence-corrected chi connectivity index (χ2v) is 0.833. The monoisotopic (exact) mass is 273 g/mol. The van der Waals surface area contributed by atoms with E-state index in [2.05, 4.69) is 15.5 Å². The maximum atomic E-state index is 9.16. The van der Waals surface area contributed by atoms with Gasteiger partial charge >= 0.3 is 94.9 Å². The molecule has 0 aromatic rings. The van der Waals surface area contributed by atoms with Gasteiger partial charge in [-0.05, 0) is 0 Å². The largest absolute Gasteiger partial charge is 1.00 e. The molecule has 0 unspecified atom stereocenters. The molecule has 65 valence electrons. The minimum absolute atomic E-state index is 0. The van der Waals surface area contributed by atoms with Gasteiger partial charge in [-0.15, -0.1) is 0 Å². The second kappa shape index (κ2) is 31.1. The summed E-state index contributed by atoms with van der Waals surface area (Å²) in [5.41, 5.74) is 0. The van der Waals surface area contributed by atoms with Crippen LogP contribution >= 0.6 is 0 Å². The summed E-state index contributed by atoms with van der Waals surface area (Å²) in [6, 6.07) is 0. The zero-order valence-electron chi connectivity index (χ0n) is 5.34. The molecule has 0 spiro atoms. The van der Waals surface area contributed by atoms with Crippen LogP contribution in [-0.4, -0.2) is 27.9 Å². The van der Waals surface area contributed by atoms with Gasteiger partial charge in [0, 0.05) is 0 Å². The van der Waals surface area contributed by atoms with Crippen molar-refractivity contribution >= 4 is 5.97 Å².